The first-order valence-corrected chi connectivity index (χ1v) is 7.43. The van der Waals surface area contributed by atoms with Crippen LogP contribution in [0.5, 0.6) is 0 Å². The lowest BCUT2D eigenvalue weighted by molar-refractivity contribution is -0.412. The fourth-order valence-corrected chi connectivity index (χ4v) is 2.77. The molecular weight excluding hydrogens is 335 g/mol. The van der Waals surface area contributed by atoms with Crippen molar-refractivity contribution in [1.29, 1.82) is 0 Å². The number of hydrogen-bond donors (Lipinski definition) is 7. The van der Waals surface area contributed by atoms with E-state index in [1.54, 1.807) is 0 Å². The lowest BCUT2D eigenvalue weighted by Gasteiger charge is -2.49. The molecule has 2 heterocycles. The maximum atomic E-state index is 14.2. The van der Waals surface area contributed by atoms with Gasteiger partial charge in [0.2, 0.25) is 0 Å². The van der Waals surface area contributed by atoms with Gasteiger partial charge in [0.15, 0.2) is 18.2 Å². The van der Waals surface area contributed by atoms with Crippen LogP contribution in [0, 0.1) is 0 Å². The van der Waals surface area contributed by atoms with Gasteiger partial charge in [-0.3, -0.25) is 0 Å². The van der Waals surface area contributed by atoms with Gasteiger partial charge in [-0.15, -0.1) is 0 Å². The molecule has 2 rings (SSSR count). The standard InChI is InChI=1S/C13H23FO10/c1-13(11(21)10(20)8(18)5(3-16)23-13)24-12-6(14)9(19)7(17)4(2-15)22-12/h4-12,15-21H,2-3H2,1H3/t4?,5?,6?,7-,8+,9?,10?,11?,12-,13-/m1/s1. The minimum atomic E-state index is -2.24. The number of aliphatic hydroxyl groups is 7. The normalized spacial score (nSPS) is 53.1. The van der Waals surface area contributed by atoms with Crippen molar-refractivity contribution in [3.05, 3.63) is 0 Å². The van der Waals surface area contributed by atoms with Crippen molar-refractivity contribution in [2.45, 2.75) is 67.9 Å². The van der Waals surface area contributed by atoms with E-state index in [2.05, 4.69) is 0 Å². The smallest absolute Gasteiger partial charge is 0.197 e. The maximum absolute atomic E-state index is 14.2. The van der Waals surface area contributed by atoms with Gasteiger partial charge in [0, 0.05) is 0 Å². The van der Waals surface area contributed by atoms with Gasteiger partial charge in [-0.1, -0.05) is 0 Å². The van der Waals surface area contributed by atoms with Crippen molar-refractivity contribution < 1.29 is 54.3 Å². The van der Waals surface area contributed by atoms with Gasteiger partial charge in [-0.05, 0) is 6.92 Å². The van der Waals surface area contributed by atoms with E-state index in [0.29, 0.717) is 0 Å². The molecule has 0 aromatic heterocycles. The van der Waals surface area contributed by atoms with Crippen molar-refractivity contribution in [2.24, 2.45) is 0 Å². The Bertz CT molecular complexity index is 424. The molecule has 2 saturated heterocycles. The number of ether oxygens (including phenoxy) is 3. The Morgan fingerprint density at radius 1 is 0.917 bits per heavy atom. The van der Waals surface area contributed by atoms with Crippen LogP contribution < -0.4 is 0 Å². The van der Waals surface area contributed by atoms with Crippen LogP contribution in [0.1, 0.15) is 6.92 Å². The third-order valence-electron chi connectivity index (χ3n) is 4.31. The summed E-state index contributed by atoms with van der Waals surface area (Å²) in [6, 6.07) is 0. The van der Waals surface area contributed by atoms with Crippen LogP contribution in [-0.4, -0.2) is 110 Å². The lowest BCUT2D eigenvalue weighted by atomic mass is 9.93. The predicted molar refractivity (Wildman–Crippen MR) is 72.1 cm³/mol. The summed E-state index contributed by atoms with van der Waals surface area (Å²) in [5.41, 5.74) is 0. The molecule has 2 fully saturated rings. The van der Waals surface area contributed by atoms with Gasteiger partial charge in [0.1, 0.15) is 42.7 Å². The monoisotopic (exact) mass is 358 g/mol. The third-order valence-corrected chi connectivity index (χ3v) is 4.31. The molecule has 0 aliphatic carbocycles. The highest BCUT2D eigenvalue weighted by Gasteiger charge is 2.55. The zero-order valence-electron chi connectivity index (χ0n) is 12.8. The van der Waals surface area contributed by atoms with Crippen LogP contribution in [0.4, 0.5) is 4.39 Å². The molecule has 10 nitrogen and oxygen atoms in total. The van der Waals surface area contributed by atoms with E-state index in [0.717, 1.165) is 6.92 Å². The molecule has 0 saturated carbocycles. The molecule has 142 valence electrons. The van der Waals surface area contributed by atoms with Crippen molar-refractivity contribution in [2.75, 3.05) is 13.2 Å². The van der Waals surface area contributed by atoms with E-state index in [1.807, 2.05) is 0 Å². The molecule has 7 N–H and O–H groups in total. The summed E-state index contributed by atoms with van der Waals surface area (Å²) in [6.07, 6.45) is -15.6. The van der Waals surface area contributed by atoms with Crippen molar-refractivity contribution in [1.82, 2.24) is 0 Å². The van der Waals surface area contributed by atoms with Crippen LogP contribution in [0.25, 0.3) is 0 Å². The molecule has 6 unspecified atom stereocenters. The summed E-state index contributed by atoms with van der Waals surface area (Å²) in [5.74, 6) is -2.09. The summed E-state index contributed by atoms with van der Waals surface area (Å²) in [6.45, 7) is -0.322. The summed E-state index contributed by atoms with van der Waals surface area (Å²) in [5, 5.41) is 67.1. The van der Waals surface area contributed by atoms with Gasteiger partial charge in [-0.25, -0.2) is 4.39 Å². The first-order valence-electron chi connectivity index (χ1n) is 7.43. The van der Waals surface area contributed by atoms with Crippen molar-refractivity contribution in [3.63, 3.8) is 0 Å². The molecule has 24 heavy (non-hydrogen) atoms. The topological polar surface area (TPSA) is 169 Å². The molecule has 2 aliphatic rings. The first kappa shape index (κ1) is 19.8. The first-order chi connectivity index (χ1) is 11.2. The molecule has 0 amide bonds. The Morgan fingerprint density at radius 2 is 1.46 bits per heavy atom. The molecule has 0 radical (unpaired) electrons. The van der Waals surface area contributed by atoms with Gasteiger partial charge in [-0.2, -0.15) is 0 Å². The van der Waals surface area contributed by atoms with Crippen molar-refractivity contribution >= 4 is 0 Å². The highest BCUT2D eigenvalue weighted by atomic mass is 19.1. The fourth-order valence-electron chi connectivity index (χ4n) is 2.77. The van der Waals surface area contributed by atoms with Gasteiger partial charge >= 0.3 is 0 Å². The summed E-state index contributed by atoms with van der Waals surface area (Å²) < 4.78 is 29.6. The Labute approximate surface area is 136 Å². The zero-order chi connectivity index (χ0) is 18.2. The van der Waals surface area contributed by atoms with Gasteiger partial charge in [0.05, 0.1) is 13.2 Å². The minimum absolute atomic E-state index is 0.713. The van der Waals surface area contributed by atoms with Gasteiger partial charge < -0.3 is 50.0 Å². The zero-order valence-corrected chi connectivity index (χ0v) is 12.8. The van der Waals surface area contributed by atoms with Crippen LogP contribution >= 0.6 is 0 Å². The van der Waals surface area contributed by atoms with Crippen LogP contribution in [0.15, 0.2) is 0 Å². The average molecular weight is 358 g/mol. The van der Waals surface area contributed by atoms with Crippen LogP contribution in [0.2, 0.25) is 0 Å². The Kier molecular flexibility index (Phi) is 6.13. The Morgan fingerprint density at radius 3 is 2.00 bits per heavy atom. The highest BCUT2D eigenvalue weighted by Crippen LogP contribution is 2.35. The van der Waals surface area contributed by atoms with E-state index in [9.17, 15) is 29.9 Å². The molecule has 0 aromatic carbocycles. The molecule has 11 heteroatoms. The molecule has 10 atom stereocenters. The largest absolute Gasteiger partial charge is 0.394 e. The van der Waals surface area contributed by atoms with E-state index < -0.39 is 74.2 Å². The van der Waals surface area contributed by atoms with E-state index in [-0.39, 0.29) is 0 Å². The van der Waals surface area contributed by atoms with E-state index >= 15 is 0 Å². The summed E-state index contributed by atoms with van der Waals surface area (Å²) in [7, 11) is 0. The lowest BCUT2D eigenvalue weighted by Crippen LogP contribution is -2.67. The average Bonchev–Trinajstić information content (AvgIpc) is 2.57. The second-order valence-electron chi connectivity index (χ2n) is 6.05. The number of halogens is 1. The molecule has 2 aliphatic heterocycles. The summed E-state index contributed by atoms with van der Waals surface area (Å²) in [4.78, 5) is 0. The third kappa shape index (κ3) is 3.42. The second-order valence-corrected chi connectivity index (χ2v) is 6.05. The van der Waals surface area contributed by atoms with E-state index in [1.165, 1.54) is 0 Å². The van der Waals surface area contributed by atoms with E-state index in [4.69, 9.17) is 24.4 Å². The van der Waals surface area contributed by atoms with Crippen LogP contribution in [0.3, 0.4) is 0 Å². The molecule has 0 spiro atoms. The maximum Gasteiger partial charge on any atom is 0.197 e. The number of aliphatic hydroxyl groups excluding tert-OH is 7. The fraction of sp³-hybridized carbons (Fsp3) is 1.00. The van der Waals surface area contributed by atoms with Gasteiger partial charge in [0.25, 0.3) is 0 Å². The SMILES string of the molecule is C[C@]1(O[C@H]2OC(CO)[C@@H](O)C(O)C2F)OC(CO)[C@H](O)C(O)C1O. The van der Waals surface area contributed by atoms with Crippen LogP contribution in [-0.2, 0) is 14.2 Å². The van der Waals surface area contributed by atoms with Crippen molar-refractivity contribution in [3.8, 4) is 0 Å². The highest BCUT2D eigenvalue weighted by molar-refractivity contribution is 4.97. The predicted octanol–water partition coefficient (Wildman–Crippen LogP) is -4.03. The molecular formula is C13H23FO10. The minimum Gasteiger partial charge on any atom is -0.394 e. The quantitative estimate of drug-likeness (QED) is 0.263. The molecule has 0 bridgehead atoms. The molecule has 0 aromatic rings. The number of hydrogen-bond acceptors (Lipinski definition) is 10. The summed E-state index contributed by atoms with van der Waals surface area (Å²) >= 11 is 0. The Balaban J connectivity index is 2.18. The number of rotatable bonds is 4. The second kappa shape index (κ2) is 7.41. The number of alkyl halides is 1. The Hall–Kier alpha value is -0.470.